The average Bonchev–Trinajstić information content (AvgIpc) is 3.12. The average molecular weight is 770 g/mol. The highest BCUT2D eigenvalue weighted by Gasteiger charge is 2.26. The van der Waals surface area contributed by atoms with E-state index in [1.54, 1.807) is 0 Å². The molecule has 0 amide bonds. The molecule has 0 aromatic carbocycles. The van der Waals surface area contributed by atoms with Gasteiger partial charge in [0.05, 0.1) is 13.2 Å². The van der Waals surface area contributed by atoms with Crippen molar-refractivity contribution in [1.82, 2.24) is 4.90 Å². The summed E-state index contributed by atoms with van der Waals surface area (Å²) < 4.78 is 33.4. The lowest BCUT2D eigenvalue weighted by Gasteiger charge is -2.20. The van der Waals surface area contributed by atoms with Crippen molar-refractivity contribution in [3.05, 3.63) is 36.5 Å². The first-order chi connectivity index (χ1) is 25.7. The Bertz CT molecular complexity index is 983. The van der Waals surface area contributed by atoms with Crippen LogP contribution in [-0.2, 0) is 32.7 Å². The molecule has 0 bridgehead atoms. The van der Waals surface area contributed by atoms with Gasteiger partial charge in [-0.2, -0.15) is 0 Å². The van der Waals surface area contributed by atoms with E-state index in [0.717, 1.165) is 51.4 Å². The molecule has 2 unspecified atom stereocenters. The van der Waals surface area contributed by atoms with Gasteiger partial charge in [-0.05, 0) is 65.5 Å². The van der Waals surface area contributed by atoms with Gasteiger partial charge in [-0.3, -0.25) is 18.6 Å². The fraction of sp³-hybridized carbons (Fsp3) is 0.814. The van der Waals surface area contributed by atoms with Gasteiger partial charge in [0.1, 0.15) is 6.61 Å². The summed E-state index contributed by atoms with van der Waals surface area (Å²) in [6, 6.07) is 0. The van der Waals surface area contributed by atoms with Crippen LogP contribution in [-0.4, -0.2) is 68.3 Å². The van der Waals surface area contributed by atoms with Crippen molar-refractivity contribution in [2.45, 2.75) is 187 Å². The minimum absolute atomic E-state index is 0.00423. The lowest BCUT2D eigenvalue weighted by atomic mass is 10.0. The van der Waals surface area contributed by atoms with E-state index in [1.165, 1.54) is 89.9 Å². The fourth-order valence-corrected chi connectivity index (χ4v) is 6.38. The zero-order valence-electron chi connectivity index (χ0n) is 34.5. The van der Waals surface area contributed by atoms with Crippen LogP contribution in [0.3, 0.4) is 0 Å². The molecule has 0 aromatic heterocycles. The number of phosphoric ester groups is 1. The Morgan fingerprint density at radius 3 is 1.55 bits per heavy atom. The maximum absolute atomic E-state index is 12.6. The SMILES string of the molecule is CCCCC/C=C\C/C=C\C/C=C\CCCCCCC(=O)OCC(COP(=O)(O)OCCN(C)C)OC(=O)CCCCCCCCCCCCCCC. The lowest BCUT2D eigenvalue weighted by molar-refractivity contribution is -0.161. The number of hydrogen-bond donors (Lipinski definition) is 1. The molecule has 0 spiro atoms. The Hall–Kier alpha value is -1.77. The summed E-state index contributed by atoms with van der Waals surface area (Å²) in [5, 5.41) is 0. The van der Waals surface area contributed by atoms with Crippen LogP contribution in [0.25, 0.3) is 0 Å². The van der Waals surface area contributed by atoms with E-state index in [9.17, 15) is 19.0 Å². The number of unbranched alkanes of at least 4 members (excludes halogenated alkanes) is 19. The van der Waals surface area contributed by atoms with Crippen LogP contribution in [0.5, 0.6) is 0 Å². The monoisotopic (exact) mass is 770 g/mol. The van der Waals surface area contributed by atoms with Crippen LogP contribution in [0.1, 0.15) is 181 Å². The topological polar surface area (TPSA) is 112 Å². The van der Waals surface area contributed by atoms with Crippen molar-refractivity contribution in [3.63, 3.8) is 0 Å². The van der Waals surface area contributed by atoms with E-state index < -0.39 is 26.5 Å². The third-order valence-corrected chi connectivity index (χ3v) is 9.93. The van der Waals surface area contributed by atoms with Crippen LogP contribution < -0.4 is 0 Å². The van der Waals surface area contributed by atoms with Crippen LogP contribution in [0.2, 0.25) is 0 Å². The maximum Gasteiger partial charge on any atom is 0.472 e. The van der Waals surface area contributed by atoms with E-state index in [2.05, 4.69) is 50.3 Å². The molecule has 9 nitrogen and oxygen atoms in total. The Kier molecular flexibility index (Phi) is 37.2. The minimum atomic E-state index is -4.36. The van der Waals surface area contributed by atoms with E-state index >= 15 is 0 Å². The van der Waals surface area contributed by atoms with Gasteiger partial charge in [-0.25, -0.2) is 4.57 Å². The highest BCUT2D eigenvalue weighted by molar-refractivity contribution is 7.47. The number of hydrogen-bond acceptors (Lipinski definition) is 8. The molecule has 2 atom stereocenters. The van der Waals surface area contributed by atoms with Gasteiger partial charge in [0.25, 0.3) is 0 Å². The molecule has 0 aliphatic carbocycles. The summed E-state index contributed by atoms with van der Waals surface area (Å²) in [7, 11) is -0.719. The Balaban J connectivity index is 4.33. The molecule has 10 heteroatoms. The predicted octanol–water partition coefficient (Wildman–Crippen LogP) is 12.0. The maximum atomic E-state index is 12.6. The Morgan fingerprint density at radius 2 is 1.02 bits per heavy atom. The minimum Gasteiger partial charge on any atom is -0.462 e. The van der Waals surface area contributed by atoms with Crippen molar-refractivity contribution >= 4 is 19.8 Å². The van der Waals surface area contributed by atoms with Crippen molar-refractivity contribution in [3.8, 4) is 0 Å². The molecule has 0 saturated heterocycles. The van der Waals surface area contributed by atoms with E-state index in [0.29, 0.717) is 19.4 Å². The smallest absolute Gasteiger partial charge is 0.462 e. The Labute approximate surface area is 325 Å². The van der Waals surface area contributed by atoms with Crippen molar-refractivity contribution in [1.29, 1.82) is 0 Å². The van der Waals surface area contributed by atoms with Crippen LogP contribution >= 0.6 is 7.82 Å². The molecule has 53 heavy (non-hydrogen) atoms. The Morgan fingerprint density at radius 1 is 0.585 bits per heavy atom. The molecule has 0 rings (SSSR count). The molecule has 0 fully saturated rings. The van der Waals surface area contributed by atoms with Gasteiger partial charge in [-0.1, -0.05) is 153 Å². The first kappa shape index (κ1) is 51.2. The van der Waals surface area contributed by atoms with Crippen molar-refractivity contribution in [2.75, 3.05) is 40.5 Å². The molecule has 0 aromatic rings. The quantitative estimate of drug-likeness (QED) is 0.0282. The van der Waals surface area contributed by atoms with Crippen molar-refractivity contribution < 1.29 is 37.6 Å². The molecule has 0 aliphatic rings. The van der Waals surface area contributed by atoms with Crippen LogP contribution in [0.15, 0.2) is 36.5 Å². The molecule has 1 N–H and O–H groups in total. The zero-order valence-corrected chi connectivity index (χ0v) is 35.3. The number of ether oxygens (including phenoxy) is 2. The lowest BCUT2D eigenvalue weighted by Crippen LogP contribution is -2.29. The van der Waals surface area contributed by atoms with Crippen LogP contribution in [0, 0.1) is 0 Å². The molecule has 0 aliphatic heterocycles. The second-order valence-electron chi connectivity index (χ2n) is 14.5. The predicted molar refractivity (Wildman–Crippen MR) is 220 cm³/mol. The van der Waals surface area contributed by atoms with Crippen LogP contribution in [0.4, 0.5) is 0 Å². The molecule has 0 heterocycles. The first-order valence-corrected chi connectivity index (χ1v) is 22.8. The largest absolute Gasteiger partial charge is 0.472 e. The van der Waals surface area contributed by atoms with E-state index in [4.69, 9.17) is 18.5 Å². The summed E-state index contributed by atoms with van der Waals surface area (Å²) in [5.41, 5.74) is 0. The summed E-state index contributed by atoms with van der Waals surface area (Å²) >= 11 is 0. The number of likely N-dealkylation sites (N-methyl/N-ethyl adjacent to an activating group) is 1. The summed E-state index contributed by atoms with van der Waals surface area (Å²) in [5.74, 6) is -0.825. The highest BCUT2D eigenvalue weighted by Crippen LogP contribution is 2.43. The number of phosphoric acid groups is 1. The summed E-state index contributed by atoms with van der Waals surface area (Å²) in [6.45, 7) is 4.27. The standard InChI is InChI=1S/C43H80NO8P/c1-5-7-9-11-13-15-17-19-20-21-22-24-25-27-29-31-33-35-42(45)49-39-41(40-51-53(47,48)50-38-37-44(3)4)52-43(46)36-34-32-30-28-26-23-18-16-14-12-10-8-6-2/h13,15,19-20,22,24,41H,5-12,14,16-18,21,23,25-40H2,1-4H3,(H,47,48)/b15-13-,20-19-,24-22-. The molecule has 0 radical (unpaired) electrons. The van der Waals surface area contributed by atoms with Gasteiger partial charge in [0.15, 0.2) is 6.10 Å². The van der Waals surface area contributed by atoms with Crippen molar-refractivity contribution in [2.24, 2.45) is 0 Å². The number of esters is 2. The number of carbonyl (C=O) groups is 2. The third-order valence-electron chi connectivity index (χ3n) is 8.95. The van der Waals surface area contributed by atoms with E-state index in [1.807, 2.05) is 19.0 Å². The number of rotatable bonds is 39. The molecular formula is C43H80NO8P. The zero-order chi connectivity index (χ0) is 39.1. The molecule has 0 saturated carbocycles. The normalized spacial score (nSPS) is 13.8. The summed E-state index contributed by atoms with van der Waals surface area (Å²) in [4.78, 5) is 37.0. The first-order valence-electron chi connectivity index (χ1n) is 21.3. The second kappa shape index (κ2) is 38.5. The van der Waals surface area contributed by atoms with E-state index in [-0.39, 0.29) is 32.0 Å². The molecular weight excluding hydrogens is 689 g/mol. The van der Waals surface area contributed by atoms with Gasteiger partial charge >= 0.3 is 19.8 Å². The number of carbonyl (C=O) groups excluding carboxylic acids is 2. The van der Waals surface area contributed by atoms with Gasteiger partial charge in [-0.15, -0.1) is 0 Å². The highest BCUT2D eigenvalue weighted by atomic mass is 31.2. The second-order valence-corrected chi connectivity index (χ2v) is 16.0. The summed E-state index contributed by atoms with van der Waals surface area (Å²) in [6.07, 6.45) is 40.4. The van der Waals surface area contributed by atoms with Gasteiger partial charge < -0.3 is 19.3 Å². The number of nitrogens with zero attached hydrogens (tertiary/aromatic N) is 1. The van der Waals surface area contributed by atoms with Gasteiger partial charge in [0.2, 0.25) is 0 Å². The fourth-order valence-electron chi connectivity index (χ4n) is 5.63. The third kappa shape index (κ3) is 39.7. The number of allylic oxidation sites excluding steroid dienone is 6. The van der Waals surface area contributed by atoms with Gasteiger partial charge in [0, 0.05) is 19.4 Å². The molecule has 310 valence electrons.